The minimum absolute atomic E-state index is 0.0340. The number of halogens is 1. The molecule has 1 fully saturated rings. The Balaban J connectivity index is 1.83. The average molecular weight is 322 g/mol. The highest BCUT2D eigenvalue weighted by atomic mass is 19.1. The molecule has 1 aromatic rings. The lowest BCUT2D eigenvalue weighted by Crippen LogP contribution is -2.34. The lowest BCUT2D eigenvalue weighted by molar-refractivity contribution is -0.114. The summed E-state index contributed by atoms with van der Waals surface area (Å²) in [5, 5.41) is 7.75. The Hall–Kier alpha value is -2.15. The zero-order valence-corrected chi connectivity index (χ0v) is 13.5. The first kappa shape index (κ1) is 17.2. The van der Waals surface area contributed by atoms with Gasteiger partial charge in [0, 0.05) is 25.2 Å². The molecule has 1 aliphatic rings. The van der Waals surface area contributed by atoms with E-state index in [1.165, 1.54) is 31.5 Å². The van der Waals surface area contributed by atoms with Crippen LogP contribution in [-0.2, 0) is 4.79 Å². The van der Waals surface area contributed by atoms with Crippen molar-refractivity contribution in [3.8, 4) is 0 Å². The van der Waals surface area contributed by atoms with Gasteiger partial charge in [0.1, 0.15) is 5.82 Å². The Morgan fingerprint density at radius 2 is 2.13 bits per heavy atom. The van der Waals surface area contributed by atoms with Crippen molar-refractivity contribution in [1.82, 2.24) is 10.2 Å². The summed E-state index contributed by atoms with van der Waals surface area (Å²) in [6.07, 6.45) is 3.21. The van der Waals surface area contributed by atoms with E-state index in [0.717, 1.165) is 19.4 Å². The fraction of sp³-hybridized carbons (Fsp3) is 0.500. The van der Waals surface area contributed by atoms with Crippen molar-refractivity contribution in [2.24, 2.45) is 0 Å². The molecule has 1 aliphatic heterocycles. The van der Waals surface area contributed by atoms with Gasteiger partial charge in [-0.25, -0.2) is 9.18 Å². The monoisotopic (exact) mass is 322 g/mol. The largest absolute Gasteiger partial charge is 0.338 e. The van der Waals surface area contributed by atoms with Gasteiger partial charge in [0.25, 0.3) is 0 Å². The number of urea groups is 1. The van der Waals surface area contributed by atoms with Crippen LogP contribution in [0.4, 0.5) is 20.6 Å². The molecular weight excluding hydrogens is 299 g/mol. The Morgan fingerprint density at radius 1 is 1.35 bits per heavy atom. The molecule has 3 N–H and O–H groups in total. The highest BCUT2D eigenvalue weighted by molar-refractivity contribution is 5.92. The van der Waals surface area contributed by atoms with Crippen LogP contribution < -0.4 is 16.0 Å². The number of likely N-dealkylation sites (tertiary alicyclic amines) is 1. The van der Waals surface area contributed by atoms with E-state index < -0.39 is 11.8 Å². The first-order valence-corrected chi connectivity index (χ1v) is 7.78. The van der Waals surface area contributed by atoms with E-state index in [1.807, 2.05) is 0 Å². The quantitative estimate of drug-likeness (QED) is 0.779. The van der Waals surface area contributed by atoms with E-state index in [0.29, 0.717) is 18.3 Å². The molecule has 3 amide bonds. The molecule has 7 heteroatoms. The van der Waals surface area contributed by atoms with Crippen LogP contribution in [0.2, 0.25) is 0 Å². The molecule has 0 aromatic heterocycles. The van der Waals surface area contributed by atoms with Gasteiger partial charge in [0.15, 0.2) is 0 Å². The van der Waals surface area contributed by atoms with Crippen LogP contribution in [0.25, 0.3) is 0 Å². The molecular formula is C16H23FN4O2. The number of benzene rings is 1. The van der Waals surface area contributed by atoms with Gasteiger partial charge in [0.05, 0.1) is 5.69 Å². The maximum atomic E-state index is 13.7. The lowest BCUT2D eigenvalue weighted by atomic mass is 10.1. The van der Waals surface area contributed by atoms with E-state index in [9.17, 15) is 14.0 Å². The summed E-state index contributed by atoms with van der Waals surface area (Å²) in [6, 6.07) is 4.07. The van der Waals surface area contributed by atoms with Gasteiger partial charge >= 0.3 is 6.03 Å². The third-order valence-corrected chi connectivity index (χ3v) is 3.97. The van der Waals surface area contributed by atoms with E-state index >= 15 is 0 Å². The van der Waals surface area contributed by atoms with Crippen molar-refractivity contribution in [2.45, 2.75) is 32.2 Å². The van der Waals surface area contributed by atoms with Crippen LogP contribution in [0.1, 0.15) is 26.2 Å². The molecule has 6 nitrogen and oxygen atoms in total. The average Bonchev–Trinajstić information content (AvgIpc) is 2.87. The van der Waals surface area contributed by atoms with Crippen molar-refractivity contribution in [2.75, 3.05) is 30.8 Å². The number of carbonyl (C=O) groups is 2. The number of nitrogens with one attached hydrogen (secondary N) is 3. The summed E-state index contributed by atoms with van der Waals surface area (Å²) >= 11 is 0. The number of anilines is 2. The third kappa shape index (κ3) is 5.21. The minimum atomic E-state index is -0.551. The number of amides is 3. The van der Waals surface area contributed by atoms with E-state index in [1.54, 1.807) is 0 Å². The van der Waals surface area contributed by atoms with E-state index in [-0.39, 0.29) is 11.6 Å². The summed E-state index contributed by atoms with van der Waals surface area (Å²) in [7, 11) is 2.08. The zero-order chi connectivity index (χ0) is 16.8. The van der Waals surface area contributed by atoms with Crippen LogP contribution in [0.15, 0.2) is 18.2 Å². The molecule has 2 rings (SSSR count). The normalized spacial score (nSPS) is 17.8. The maximum Gasteiger partial charge on any atom is 0.319 e. The molecule has 1 aromatic carbocycles. The van der Waals surface area contributed by atoms with E-state index in [2.05, 4.69) is 27.9 Å². The highest BCUT2D eigenvalue weighted by Crippen LogP contribution is 2.20. The van der Waals surface area contributed by atoms with Crippen LogP contribution in [0.3, 0.4) is 0 Å². The molecule has 23 heavy (non-hydrogen) atoms. The molecule has 0 aliphatic carbocycles. The smallest absolute Gasteiger partial charge is 0.319 e. The van der Waals surface area contributed by atoms with Crippen LogP contribution >= 0.6 is 0 Å². The number of rotatable bonds is 5. The molecule has 1 heterocycles. The Kier molecular flexibility index (Phi) is 5.92. The van der Waals surface area contributed by atoms with Gasteiger partial charge in [-0.1, -0.05) is 0 Å². The fourth-order valence-corrected chi connectivity index (χ4v) is 2.76. The maximum absolute atomic E-state index is 13.7. The lowest BCUT2D eigenvalue weighted by Gasteiger charge is -2.19. The summed E-state index contributed by atoms with van der Waals surface area (Å²) in [5.74, 6) is -0.808. The first-order valence-electron chi connectivity index (χ1n) is 7.78. The second kappa shape index (κ2) is 7.92. The van der Waals surface area contributed by atoms with Crippen molar-refractivity contribution in [3.05, 3.63) is 24.0 Å². The summed E-state index contributed by atoms with van der Waals surface area (Å²) < 4.78 is 13.7. The second-order valence-corrected chi connectivity index (χ2v) is 5.82. The number of hydrogen-bond acceptors (Lipinski definition) is 3. The Labute approximate surface area is 135 Å². The van der Waals surface area contributed by atoms with E-state index in [4.69, 9.17) is 0 Å². The summed E-state index contributed by atoms with van der Waals surface area (Å²) in [4.78, 5) is 25.2. The van der Waals surface area contributed by atoms with Gasteiger partial charge in [0.2, 0.25) is 5.91 Å². The van der Waals surface area contributed by atoms with Gasteiger partial charge < -0.3 is 20.9 Å². The zero-order valence-electron chi connectivity index (χ0n) is 13.5. The number of carbonyl (C=O) groups excluding carboxylic acids is 2. The summed E-state index contributed by atoms with van der Waals surface area (Å²) in [5.41, 5.74) is 0.466. The van der Waals surface area contributed by atoms with Gasteiger partial charge in [-0.2, -0.15) is 0 Å². The number of hydrogen-bond donors (Lipinski definition) is 3. The third-order valence-electron chi connectivity index (χ3n) is 3.97. The predicted octanol–water partition coefficient (Wildman–Crippen LogP) is 2.39. The molecule has 0 bridgehead atoms. The molecule has 1 atom stereocenters. The predicted molar refractivity (Wildman–Crippen MR) is 88.0 cm³/mol. The fourth-order valence-electron chi connectivity index (χ4n) is 2.76. The van der Waals surface area contributed by atoms with Gasteiger partial charge in [-0.15, -0.1) is 0 Å². The highest BCUT2D eigenvalue weighted by Gasteiger charge is 2.20. The molecule has 126 valence electrons. The Morgan fingerprint density at radius 3 is 2.78 bits per heavy atom. The van der Waals surface area contributed by atoms with Crippen LogP contribution in [-0.4, -0.2) is 43.0 Å². The van der Waals surface area contributed by atoms with Crippen molar-refractivity contribution < 1.29 is 14.0 Å². The van der Waals surface area contributed by atoms with Gasteiger partial charge in [-0.3, -0.25) is 4.79 Å². The number of nitrogens with zero attached hydrogens (tertiary/aromatic N) is 1. The van der Waals surface area contributed by atoms with Crippen LogP contribution in [0, 0.1) is 5.82 Å². The van der Waals surface area contributed by atoms with Crippen molar-refractivity contribution in [3.63, 3.8) is 0 Å². The summed E-state index contributed by atoms with van der Waals surface area (Å²) in [6.45, 7) is 3.00. The molecule has 1 saturated heterocycles. The van der Waals surface area contributed by atoms with Crippen molar-refractivity contribution >= 4 is 23.3 Å². The topological polar surface area (TPSA) is 73.5 Å². The molecule has 0 spiro atoms. The first-order chi connectivity index (χ1) is 11.0. The minimum Gasteiger partial charge on any atom is -0.338 e. The standard InChI is InChI=1S/C16H23FN4O2/c1-11(22)19-12-5-6-14(17)15(10-12)20-16(23)18-8-7-13-4-3-9-21(13)2/h5-6,10,13H,3-4,7-9H2,1-2H3,(H,19,22)(H2,18,20,23)/t13-/m1/s1. The SMILES string of the molecule is CC(=O)Nc1ccc(F)c(NC(=O)NCC[C@H]2CCCN2C)c1. The Bertz CT molecular complexity index is 579. The second-order valence-electron chi connectivity index (χ2n) is 5.82. The molecule has 0 unspecified atom stereocenters. The molecule has 0 radical (unpaired) electrons. The van der Waals surface area contributed by atoms with Crippen LogP contribution in [0.5, 0.6) is 0 Å². The van der Waals surface area contributed by atoms with Gasteiger partial charge in [-0.05, 0) is 51.1 Å². The van der Waals surface area contributed by atoms with Crippen molar-refractivity contribution in [1.29, 1.82) is 0 Å². The molecule has 0 saturated carbocycles.